The highest BCUT2D eigenvalue weighted by atomic mass is 35.5. The Balaban J connectivity index is 2.00. The van der Waals surface area contributed by atoms with Crippen molar-refractivity contribution in [1.82, 2.24) is 15.3 Å². The molecule has 0 aliphatic carbocycles. The maximum absolute atomic E-state index is 11.1. The smallest absolute Gasteiger partial charge is 0.271 e. The third-order valence-electron chi connectivity index (χ3n) is 3.74. The standard InChI is InChI=1S/C14H16ClN7O2/c15-13-12(16)14(19-8-18-13)20-10-7-9(22(23)24)1-2-11(10)21-5-3-17-4-6-21/h1-2,7-8,17H,3-6,16H2,(H,18,19,20). The molecule has 1 aromatic heterocycles. The van der Waals surface area contributed by atoms with Crippen molar-refractivity contribution in [3.8, 4) is 0 Å². The van der Waals surface area contributed by atoms with E-state index in [-0.39, 0.29) is 16.5 Å². The Bertz CT molecular complexity index is 765. The lowest BCUT2D eigenvalue weighted by molar-refractivity contribution is -0.384. The second kappa shape index (κ2) is 6.85. The van der Waals surface area contributed by atoms with Crippen molar-refractivity contribution in [1.29, 1.82) is 0 Å². The molecule has 0 bridgehead atoms. The molecule has 24 heavy (non-hydrogen) atoms. The Labute approximate surface area is 143 Å². The number of non-ortho nitro benzene ring substituents is 1. The molecule has 1 fully saturated rings. The maximum Gasteiger partial charge on any atom is 0.271 e. The maximum atomic E-state index is 11.1. The van der Waals surface area contributed by atoms with Gasteiger partial charge in [0.25, 0.3) is 5.69 Å². The van der Waals surface area contributed by atoms with Crippen molar-refractivity contribution in [3.05, 3.63) is 39.8 Å². The summed E-state index contributed by atoms with van der Waals surface area (Å²) >= 11 is 5.91. The van der Waals surface area contributed by atoms with Gasteiger partial charge in [0.05, 0.1) is 16.3 Å². The first-order chi connectivity index (χ1) is 11.6. The van der Waals surface area contributed by atoms with Crippen LogP contribution in [0.5, 0.6) is 0 Å². The monoisotopic (exact) mass is 349 g/mol. The fourth-order valence-corrected chi connectivity index (χ4v) is 2.65. The minimum atomic E-state index is -0.441. The van der Waals surface area contributed by atoms with Crippen LogP contribution >= 0.6 is 11.6 Å². The summed E-state index contributed by atoms with van der Waals surface area (Å²) in [5.41, 5.74) is 7.45. The molecule has 10 heteroatoms. The number of nitro benzene ring substituents is 1. The van der Waals surface area contributed by atoms with Crippen molar-refractivity contribution in [2.75, 3.05) is 42.1 Å². The summed E-state index contributed by atoms with van der Waals surface area (Å²) < 4.78 is 0. The topological polar surface area (TPSA) is 122 Å². The molecule has 0 amide bonds. The Hall–Kier alpha value is -2.65. The fraction of sp³-hybridized carbons (Fsp3) is 0.286. The van der Waals surface area contributed by atoms with E-state index in [1.54, 1.807) is 6.07 Å². The first kappa shape index (κ1) is 16.2. The van der Waals surface area contributed by atoms with Crippen LogP contribution in [0, 0.1) is 10.1 Å². The molecule has 0 radical (unpaired) electrons. The molecule has 0 spiro atoms. The summed E-state index contributed by atoms with van der Waals surface area (Å²) in [6, 6.07) is 4.68. The first-order valence-corrected chi connectivity index (χ1v) is 7.71. The van der Waals surface area contributed by atoms with Crippen LogP contribution < -0.4 is 21.3 Å². The van der Waals surface area contributed by atoms with Gasteiger partial charge in [-0.05, 0) is 6.07 Å². The number of benzene rings is 1. The average molecular weight is 350 g/mol. The number of rotatable bonds is 4. The van der Waals surface area contributed by atoms with Crippen LogP contribution in [0.4, 0.5) is 28.6 Å². The number of nitro groups is 1. The Morgan fingerprint density at radius 2 is 2.08 bits per heavy atom. The van der Waals surface area contributed by atoms with E-state index in [4.69, 9.17) is 17.3 Å². The molecule has 3 rings (SSSR count). The van der Waals surface area contributed by atoms with Crippen LogP contribution in [-0.4, -0.2) is 41.1 Å². The molecular weight excluding hydrogens is 334 g/mol. The van der Waals surface area contributed by atoms with Crippen LogP contribution in [0.25, 0.3) is 0 Å². The summed E-state index contributed by atoms with van der Waals surface area (Å²) in [6.45, 7) is 3.29. The van der Waals surface area contributed by atoms with Crippen LogP contribution in [-0.2, 0) is 0 Å². The molecular formula is C14H16ClN7O2. The van der Waals surface area contributed by atoms with Gasteiger partial charge in [0.15, 0.2) is 11.0 Å². The van der Waals surface area contributed by atoms with Gasteiger partial charge in [-0.25, -0.2) is 9.97 Å². The van der Waals surface area contributed by atoms with Crippen LogP contribution in [0.15, 0.2) is 24.5 Å². The van der Waals surface area contributed by atoms with Gasteiger partial charge < -0.3 is 21.3 Å². The number of nitrogens with zero attached hydrogens (tertiary/aromatic N) is 4. The first-order valence-electron chi connectivity index (χ1n) is 7.33. The summed E-state index contributed by atoms with van der Waals surface area (Å²) in [7, 11) is 0. The lowest BCUT2D eigenvalue weighted by Crippen LogP contribution is -2.43. The van der Waals surface area contributed by atoms with E-state index in [1.807, 2.05) is 0 Å². The van der Waals surface area contributed by atoms with E-state index in [2.05, 4.69) is 25.5 Å². The number of nitrogens with one attached hydrogen (secondary N) is 2. The molecule has 0 saturated carbocycles. The SMILES string of the molecule is Nc1c(Cl)ncnc1Nc1cc([N+](=O)[O-])ccc1N1CCNCC1. The van der Waals surface area contributed by atoms with Gasteiger partial charge >= 0.3 is 0 Å². The summed E-state index contributed by atoms with van der Waals surface area (Å²) in [6.07, 6.45) is 1.28. The number of nitrogen functional groups attached to an aromatic ring is 1. The molecule has 0 unspecified atom stereocenters. The fourth-order valence-electron chi connectivity index (χ4n) is 2.52. The molecule has 9 nitrogen and oxygen atoms in total. The van der Waals surface area contributed by atoms with Crippen molar-refractivity contribution >= 4 is 40.2 Å². The molecule has 2 aromatic rings. The van der Waals surface area contributed by atoms with Crippen molar-refractivity contribution in [3.63, 3.8) is 0 Å². The lowest BCUT2D eigenvalue weighted by atomic mass is 10.2. The van der Waals surface area contributed by atoms with Gasteiger partial charge in [0.2, 0.25) is 0 Å². The Kier molecular flexibility index (Phi) is 4.63. The highest BCUT2D eigenvalue weighted by Gasteiger charge is 2.19. The predicted molar refractivity (Wildman–Crippen MR) is 92.9 cm³/mol. The van der Waals surface area contributed by atoms with E-state index in [9.17, 15) is 10.1 Å². The number of halogens is 1. The largest absolute Gasteiger partial charge is 0.393 e. The van der Waals surface area contributed by atoms with Crippen molar-refractivity contribution < 1.29 is 4.92 Å². The van der Waals surface area contributed by atoms with Gasteiger partial charge in [-0.1, -0.05) is 11.6 Å². The van der Waals surface area contributed by atoms with Crippen molar-refractivity contribution in [2.24, 2.45) is 0 Å². The zero-order chi connectivity index (χ0) is 17.1. The highest BCUT2D eigenvalue weighted by Crippen LogP contribution is 2.34. The number of hydrogen-bond donors (Lipinski definition) is 3. The van der Waals surface area contributed by atoms with E-state index < -0.39 is 4.92 Å². The third kappa shape index (κ3) is 3.31. The lowest BCUT2D eigenvalue weighted by Gasteiger charge is -2.31. The minimum Gasteiger partial charge on any atom is -0.393 e. The third-order valence-corrected chi connectivity index (χ3v) is 4.04. The van der Waals surface area contributed by atoms with Gasteiger partial charge in [0.1, 0.15) is 12.0 Å². The molecule has 2 heterocycles. The number of hydrogen-bond acceptors (Lipinski definition) is 8. The normalized spacial score (nSPS) is 14.5. The minimum absolute atomic E-state index is 0.0184. The van der Waals surface area contributed by atoms with Crippen LogP contribution in [0.3, 0.4) is 0 Å². The van der Waals surface area contributed by atoms with Gasteiger partial charge in [-0.3, -0.25) is 10.1 Å². The van der Waals surface area contributed by atoms with E-state index in [1.165, 1.54) is 18.5 Å². The van der Waals surface area contributed by atoms with Gasteiger partial charge in [-0.15, -0.1) is 0 Å². The summed E-state index contributed by atoms with van der Waals surface area (Å²) in [5, 5.41) is 17.5. The Morgan fingerprint density at radius 1 is 1.33 bits per heavy atom. The second-order valence-corrected chi connectivity index (χ2v) is 5.61. The number of nitrogens with two attached hydrogens (primary N) is 1. The molecule has 1 aliphatic rings. The Morgan fingerprint density at radius 3 is 2.79 bits per heavy atom. The molecule has 1 aliphatic heterocycles. The van der Waals surface area contributed by atoms with E-state index in [0.29, 0.717) is 11.5 Å². The van der Waals surface area contributed by atoms with Crippen molar-refractivity contribution in [2.45, 2.75) is 0 Å². The van der Waals surface area contributed by atoms with Gasteiger partial charge in [-0.2, -0.15) is 0 Å². The number of piperazine rings is 1. The molecule has 1 aromatic carbocycles. The predicted octanol–water partition coefficient (Wildman–Crippen LogP) is 1.77. The number of anilines is 4. The molecule has 1 saturated heterocycles. The van der Waals surface area contributed by atoms with E-state index >= 15 is 0 Å². The van der Waals surface area contributed by atoms with Crippen LogP contribution in [0.1, 0.15) is 0 Å². The van der Waals surface area contributed by atoms with Crippen LogP contribution in [0.2, 0.25) is 5.15 Å². The average Bonchev–Trinajstić information content (AvgIpc) is 2.59. The quantitative estimate of drug-likeness (QED) is 0.433. The molecule has 126 valence electrons. The number of aromatic nitrogens is 2. The zero-order valence-electron chi connectivity index (χ0n) is 12.7. The van der Waals surface area contributed by atoms with E-state index in [0.717, 1.165) is 31.9 Å². The second-order valence-electron chi connectivity index (χ2n) is 5.25. The summed E-state index contributed by atoms with van der Waals surface area (Å²) in [5.74, 6) is 0.312. The molecule has 4 N–H and O–H groups in total. The van der Waals surface area contributed by atoms with Gasteiger partial charge in [0, 0.05) is 38.3 Å². The highest BCUT2D eigenvalue weighted by molar-refractivity contribution is 6.32. The zero-order valence-corrected chi connectivity index (χ0v) is 13.5. The molecule has 0 atom stereocenters. The summed E-state index contributed by atoms with van der Waals surface area (Å²) in [4.78, 5) is 20.7.